The number of rotatable bonds is 5. The molecule has 2 fully saturated rings. The minimum absolute atomic E-state index is 0.151. The molecular weight excluding hydrogens is 418 g/mol. The molecule has 1 amide bonds. The Morgan fingerprint density at radius 2 is 1.77 bits per heavy atom. The summed E-state index contributed by atoms with van der Waals surface area (Å²) in [6.07, 6.45) is 2.76. The van der Waals surface area contributed by atoms with Gasteiger partial charge < -0.3 is 15.0 Å². The summed E-state index contributed by atoms with van der Waals surface area (Å²) in [6, 6.07) is 6.64. The van der Waals surface area contributed by atoms with Crippen molar-refractivity contribution < 1.29 is 17.9 Å². The maximum atomic E-state index is 13.3. The summed E-state index contributed by atoms with van der Waals surface area (Å²) in [5.41, 5.74) is 1.82. The third-order valence-electron chi connectivity index (χ3n) is 5.76. The first-order valence-corrected chi connectivity index (χ1v) is 12.1. The Balaban J connectivity index is 1.71. The zero-order valence-corrected chi connectivity index (χ0v) is 18.8. The van der Waals surface area contributed by atoms with Gasteiger partial charge in [-0.15, -0.1) is 0 Å². The lowest BCUT2D eigenvalue weighted by Crippen LogP contribution is -2.38. The highest BCUT2D eigenvalue weighted by Crippen LogP contribution is 2.29. The van der Waals surface area contributed by atoms with E-state index in [4.69, 9.17) is 4.74 Å². The molecular formula is C21H29N5O4S. The average Bonchev–Trinajstić information content (AvgIpc) is 3.10. The van der Waals surface area contributed by atoms with Gasteiger partial charge in [0.25, 0.3) is 5.91 Å². The van der Waals surface area contributed by atoms with E-state index in [0.29, 0.717) is 56.5 Å². The van der Waals surface area contributed by atoms with Crippen molar-refractivity contribution in [1.29, 1.82) is 0 Å². The summed E-state index contributed by atoms with van der Waals surface area (Å²) in [4.78, 5) is 15.5. The molecule has 0 spiro atoms. The van der Waals surface area contributed by atoms with E-state index in [9.17, 15) is 13.2 Å². The number of carbonyl (C=O) groups excluding carboxylic acids is 1. The zero-order valence-electron chi connectivity index (χ0n) is 18.0. The van der Waals surface area contributed by atoms with Crippen LogP contribution in [0.3, 0.4) is 0 Å². The number of benzene rings is 1. The van der Waals surface area contributed by atoms with Crippen LogP contribution in [0.5, 0.6) is 0 Å². The van der Waals surface area contributed by atoms with Crippen LogP contribution in [-0.4, -0.2) is 67.8 Å². The number of aryl methyl sites for hydroxylation is 2. The van der Waals surface area contributed by atoms with Gasteiger partial charge in [0, 0.05) is 45.0 Å². The van der Waals surface area contributed by atoms with Gasteiger partial charge in [0.1, 0.15) is 5.82 Å². The predicted molar refractivity (Wildman–Crippen MR) is 118 cm³/mol. The van der Waals surface area contributed by atoms with Crippen LogP contribution in [0.4, 0.5) is 11.5 Å². The van der Waals surface area contributed by atoms with Gasteiger partial charge in [-0.3, -0.25) is 9.48 Å². The Morgan fingerprint density at radius 3 is 2.42 bits per heavy atom. The molecule has 168 valence electrons. The van der Waals surface area contributed by atoms with E-state index < -0.39 is 10.0 Å². The average molecular weight is 448 g/mol. The molecule has 4 rings (SSSR count). The number of piperidine rings is 1. The Morgan fingerprint density at radius 1 is 1.06 bits per heavy atom. The van der Waals surface area contributed by atoms with E-state index in [1.54, 1.807) is 29.9 Å². The smallest absolute Gasteiger partial charge is 0.258 e. The van der Waals surface area contributed by atoms with Gasteiger partial charge in [-0.05, 0) is 38.0 Å². The fourth-order valence-corrected chi connectivity index (χ4v) is 5.65. The second-order valence-electron chi connectivity index (χ2n) is 7.99. The van der Waals surface area contributed by atoms with Crippen LogP contribution in [0.15, 0.2) is 29.2 Å². The van der Waals surface area contributed by atoms with Gasteiger partial charge in [-0.2, -0.15) is 9.40 Å². The molecule has 0 radical (unpaired) electrons. The second-order valence-corrected chi connectivity index (χ2v) is 9.93. The van der Waals surface area contributed by atoms with Crippen LogP contribution in [-0.2, 0) is 21.8 Å². The molecule has 0 bridgehead atoms. The minimum Gasteiger partial charge on any atom is -0.378 e. The molecule has 1 aromatic carbocycles. The van der Waals surface area contributed by atoms with Crippen molar-refractivity contribution in [1.82, 2.24) is 14.1 Å². The van der Waals surface area contributed by atoms with Gasteiger partial charge in [-0.25, -0.2) is 8.42 Å². The molecule has 9 nitrogen and oxygen atoms in total. The van der Waals surface area contributed by atoms with Gasteiger partial charge in [0.15, 0.2) is 0 Å². The van der Waals surface area contributed by atoms with Crippen molar-refractivity contribution >= 4 is 27.4 Å². The molecule has 2 aromatic rings. The lowest BCUT2D eigenvalue weighted by Gasteiger charge is -2.31. The van der Waals surface area contributed by atoms with Crippen molar-refractivity contribution in [3.8, 4) is 0 Å². The molecule has 0 aliphatic carbocycles. The standard InChI is InChI=1S/C21H29N5O4S/c1-16-14-20(24(2)23-16)22-21(27)18-15-17(31(28,29)26-8-4-3-5-9-26)6-7-19(18)25-10-12-30-13-11-25/h6-7,14-15H,3-5,8-13H2,1-2H3,(H,22,27). The van der Waals surface area contributed by atoms with Crippen molar-refractivity contribution in [3.05, 3.63) is 35.5 Å². The number of aromatic nitrogens is 2. The normalized spacial score (nSPS) is 18.2. The molecule has 0 unspecified atom stereocenters. The van der Waals surface area contributed by atoms with E-state index in [2.05, 4.69) is 15.3 Å². The van der Waals surface area contributed by atoms with Crippen molar-refractivity contribution in [2.24, 2.45) is 7.05 Å². The molecule has 2 aliphatic heterocycles. The fraction of sp³-hybridized carbons (Fsp3) is 0.524. The van der Waals surface area contributed by atoms with Crippen LogP contribution < -0.4 is 10.2 Å². The molecule has 1 aromatic heterocycles. The second kappa shape index (κ2) is 8.97. The summed E-state index contributed by atoms with van der Waals surface area (Å²) in [5, 5.41) is 7.14. The van der Waals surface area contributed by atoms with E-state index in [-0.39, 0.29) is 10.8 Å². The first kappa shape index (κ1) is 21.8. The highest BCUT2D eigenvalue weighted by molar-refractivity contribution is 7.89. The third kappa shape index (κ3) is 4.60. The first-order valence-electron chi connectivity index (χ1n) is 10.6. The minimum atomic E-state index is -3.65. The summed E-state index contributed by atoms with van der Waals surface area (Å²) in [7, 11) is -1.90. The maximum absolute atomic E-state index is 13.3. The summed E-state index contributed by atoms with van der Waals surface area (Å²) >= 11 is 0. The predicted octanol–water partition coefficient (Wildman–Crippen LogP) is 1.99. The Kier molecular flexibility index (Phi) is 6.31. The Labute approximate surface area is 183 Å². The van der Waals surface area contributed by atoms with Crippen LogP contribution in [0, 0.1) is 6.92 Å². The highest BCUT2D eigenvalue weighted by atomic mass is 32.2. The van der Waals surface area contributed by atoms with Gasteiger partial charge >= 0.3 is 0 Å². The first-order chi connectivity index (χ1) is 14.9. The maximum Gasteiger partial charge on any atom is 0.258 e. The monoisotopic (exact) mass is 447 g/mol. The summed E-state index contributed by atoms with van der Waals surface area (Å²) < 4.78 is 35.0. The van der Waals surface area contributed by atoms with Crippen molar-refractivity contribution in [3.63, 3.8) is 0 Å². The van der Waals surface area contributed by atoms with E-state index in [1.165, 1.54) is 10.4 Å². The lowest BCUT2D eigenvalue weighted by atomic mass is 10.1. The fourth-order valence-electron chi connectivity index (χ4n) is 4.10. The topological polar surface area (TPSA) is 96.8 Å². The van der Waals surface area contributed by atoms with Crippen molar-refractivity contribution in [2.45, 2.75) is 31.1 Å². The highest BCUT2D eigenvalue weighted by Gasteiger charge is 2.29. The molecule has 2 aliphatic rings. The molecule has 2 saturated heterocycles. The zero-order chi connectivity index (χ0) is 22.0. The lowest BCUT2D eigenvalue weighted by molar-refractivity contribution is 0.102. The van der Waals surface area contributed by atoms with Crippen LogP contribution in [0.25, 0.3) is 0 Å². The number of morpholine rings is 1. The molecule has 31 heavy (non-hydrogen) atoms. The van der Waals surface area contributed by atoms with Crippen LogP contribution in [0.1, 0.15) is 35.3 Å². The summed E-state index contributed by atoms with van der Waals surface area (Å²) in [6.45, 7) is 5.30. The summed E-state index contributed by atoms with van der Waals surface area (Å²) in [5.74, 6) is 0.194. The Hall–Kier alpha value is -2.43. The van der Waals surface area contributed by atoms with Gasteiger partial charge in [-0.1, -0.05) is 6.42 Å². The van der Waals surface area contributed by atoms with Gasteiger partial charge in [0.2, 0.25) is 10.0 Å². The Bertz CT molecular complexity index is 1050. The molecule has 0 saturated carbocycles. The number of sulfonamides is 1. The SMILES string of the molecule is Cc1cc(NC(=O)c2cc(S(=O)(=O)N3CCCCC3)ccc2N2CCOCC2)n(C)n1. The number of nitrogens with zero attached hydrogens (tertiary/aromatic N) is 4. The van der Waals surface area contributed by atoms with E-state index in [1.807, 2.05) is 6.92 Å². The quantitative estimate of drug-likeness (QED) is 0.753. The largest absolute Gasteiger partial charge is 0.378 e. The van der Waals surface area contributed by atoms with Gasteiger partial charge in [0.05, 0.1) is 29.4 Å². The van der Waals surface area contributed by atoms with E-state index >= 15 is 0 Å². The molecule has 10 heteroatoms. The number of nitrogens with one attached hydrogen (secondary N) is 1. The number of hydrogen-bond acceptors (Lipinski definition) is 6. The molecule has 1 N–H and O–H groups in total. The number of amides is 1. The van der Waals surface area contributed by atoms with Crippen LogP contribution >= 0.6 is 0 Å². The number of ether oxygens (including phenoxy) is 1. The van der Waals surface area contributed by atoms with Crippen molar-refractivity contribution in [2.75, 3.05) is 49.6 Å². The van der Waals surface area contributed by atoms with E-state index in [0.717, 1.165) is 25.0 Å². The van der Waals surface area contributed by atoms with Crippen LogP contribution in [0.2, 0.25) is 0 Å². The third-order valence-corrected chi connectivity index (χ3v) is 7.66. The number of hydrogen-bond donors (Lipinski definition) is 1. The molecule has 0 atom stereocenters. The molecule has 3 heterocycles. The number of carbonyl (C=O) groups is 1. The number of anilines is 2.